The normalized spacial score (nSPS) is 10.5. The Kier molecular flexibility index (Phi) is 4.57. The van der Waals surface area contributed by atoms with Gasteiger partial charge in [0.15, 0.2) is 5.75 Å². The third-order valence-corrected chi connectivity index (χ3v) is 2.93. The van der Waals surface area contributed by atoms with Gasteiger partial charge in [0.05, 0.1) is 22.9 Å². The van der Waals surface area contributed by atoms with E-state index >= 15 is 0 Å². The fourth-order valence-corrected chi connectivity index (χ4v) is 1.97. The Morgan fingerprint density at radius 3 is 3.00 bits per heavy atom. The molecule has 2 aromatic rings. The molecule has 1 heterocycles. The first kappa shape index (κ1) is 14.3. The van der Waals surface area contributed by atoms with Crippen LogP contribution in [0.15, 0.2) is 30.6 Å². The molecule has 0 N–H and O–H groups in total. The maximum Gasteiger partial charge on any atom is 0.276 e. The van der Waals surface area contributed by atoms with Crippen LogP contribution in [0.5, 0.6) is 5.75 Å². The molecule has 1 aromatic carbocycles. The number of ether oxygens (including phenoxy) is 1. The van der Waals surface area contributed by atoms with Gasteiger partial charge in [0.2, 0.25) is 0 Å². The van der Waals surface area contributed by atoms with Crippen LogP contribution >= 0.6 is 11.6 Å². The first-order valence-electron chi connectivity index (χ1n) is 6.18. The summed E-state index contributed by atoms with van der Waals surface area (Å²) in [6.07, 6.45) is 4.33. The molecule has 106 valence electrons. The van der Waals surface area contributed by atoms with Gasteiger partial charge in [-0.15, -0.1) is 0 Å². The molecule has 0 aliphatic heterocycles. The Labute approximate surface area is 121 Å². The van der Waals surface area contributed by atoms with Crippen molar-refractivity contribution in [1.29, 1.82) is 0 Å². The molecule has 0 radical (unpaired) electrons. The van der Waals surface area contributed by atoms with Crippen molar-refractivity contribution in [1.82, 2.24) is 9.78 Å². The van der Waals surface area contributed by atoms with E-state index in [0.29, 0.717) is 16.3 Å². The second-order valence-electron chi connectivity index (χ2n) is 4.26. The molecule has 0 bridgehead atoms. The molecule has 2 rings (SSSR count). The molecule has 20 heavy (non-hydrogen) atoms. The summed E-state index contributed by atoms with van der Waals surface area (Å²) in [7, 11) is 0. The minimum absolute atomic E-state index is 0.00431. The number of halogens is 1. The number of hydrogen-bond donors (Lipinski definition) is 0. The Bertz CT molecular complexity index is 613. The summed E-state index contributed by atoms with van der Waals surface area (Å²) in [5.41, 5.74) is 0.432. The number of nitro groups is 1. The van der Waals surface area contributed by atoms with E-state index in [2.05, 4.69) is 12.0 Å². The molecule has 0 saturated heterocycles. The molecule has 7 heteroatoms. The van der Waals surface area contributed by atoms with Crippen LogP contribution in [0.3, 0.4) is 0 Å². The quantitative estimate of drug-likeness (QED) is 0.604. The van der Waals surface area contributed by atoms with E-state index in [1.165, 1.54) is 18.2 Å². The van der Waals surface area contributed by atoms with Crippen LogP contribution in [0.4, 0.5) is 5.69 Å². The van der Waals surface area contributed by atoms with Crippen molar-refractivity contribution in [3.63, 3.8) is 0 Å². The van der Waals surface area contributed by atoms with Crippen LogP contribution in [-0.2, 0) is 13.2 Å². The van der Waals surface area contributed by atoms with E-state index in [1.807, 2.05) is 0 Å². The Morgan fingerprint density at radius 2 is 2.30 bits per heavy atom. The van der Waals surface area contributed by atoms with Crippen molar-refractivity contribution >= 4 is 17.3 Å². The van der Waals surface area contributed by atoms with E-state index in [0.717, 1.165) is 13.0 Å². The van der Waals surface area contributed by atoms with E-state index in [9.17, 15) is 10.1 Å². The van der Waals surface area contributed by atoms with E-state index in [-0.39, 0.29) is 12.3 Å². The molecule has 0 aliphatic carbocycles. The number of benzene rings is 1. The molecule has 0 fully saturated rings. The molecule has 6 nitrogen and oxygen atoms in total. The monoisotopic (exact) mass is 295 g/mol. The standard InChI is InChI=1S/C13H14ClN3O3/c1-2-5-16-8-12(7-15-16)20-9-10-6-11(14)3-4-13(10)17(18)19/h3-4,6-8H,2,5,9H2,1H3. The molecule has 0 unspecified atom stereocenters. The van der Waals surface area contributed by atoms with Gasteiger partial charge in [-0.3, -0.25) is 14.8 Å². The highest BCUT2D eigenvalue weighted by Gasteiger charge is 2.14. The lowest BCUT2D eigenvalue weighted by molar-refractivity contribution is -0.385. The van der Waals surface area contributed by atoms with E-state index < -0.39 is 4.92 Å². The Morgan fingerprint density at radius 1 is 1.50 bits per heavy atom. The minimum atomic E-state index is -0.449. The lowest BCUT2D eigenvalue weighted by Gasteiger charge is -2.05. The number of nitrogens with zero attached hydrogens (tertiary/aromatic N) is 3. The fourth-order valence-electron chi connectivity index (χ4n) is 1.78. The summed E-state index contributed by atoms with van der Waals surface area (Å²) in [6.45, 7) is 2.94. The second kappa shape index (κ2) is 6.38. The third-order valence-electron chi connectivity index (χ3n) is 2.69. The average Bonchev–Trinajstić information content (AvgIpc) is 2.84. The number of aromatic nitrogens is 2. The van der Waals surface area contributed by atoms with Crippen molar-refractivity contribution < 1.29 is 9.66 Å². The lowest BCUT2D eigenvalue weighted by atomic mass is 10.2. The van der Waals surface area contributed by atoms with E-state index in [4.69, 9.17) is 16.3 Å². The van der Waals surface area contributed by atoms with Gasteiger partial charge in [0, 0.05) is 17.6 Å². The number of aryl methyl sites for hydroxylation is 1. The summed E-state index contributed by atoms with van der Waals surface area (Å²) in [5, 5.41) is 15.5. The first-order chi connectivity index (χ1) is 9.60. The van der Waals surface area contributed by atoms with Crippen LogP contribution in [0.1, 0.15) is 18.9 Å². The van der Waals surface area contributed by atoms with Gasteiger partial charge in [-0.05, 0) is 18.6 Å². The summed E-state index contributed by atoms with van der Waals surface area (Å²) < 4.78 is 7.28. The predicted octanol–water partition coefficient (Wildman–Crippen LogP) is 3.43. The van der Waals surface area contributed by atoms with Gasteiger partial charge >= 0.3 is 0 Å². The number of hydrogen-bond acceptors (Lipinski definition) is 4. The topological polar surface area (TPSA) is 70.2 Å². The summed E-state index contributed by atoms with van der Waals surface area (Å²) >= 11 is 5.85. The summed E-state index contributed by atoms with van der Waals surface area (Å²) in [5.74, 6) is 0.577. The van der Waals surface area contributed by atoms with Gasteiger partial charge in [0.25, 0.3) is 5.69 Å². The smallest absolute Gasteiger partial charge is 0.276 e. The molecular weight excluding hydrogens is 282 g/mol. The van der Waals surface area contributed by atoms with Gasteiger partial charge in [-0.25, -0.2) is 0 Å². The molecule has 0 atom stereocenters. The van der Waals surface area contributed by atoms with Crippen LogP contribution in [0, 0.1) is 10.1 Å². The van der Waals surface area contributed by atoms with Crippen LogP contribution in [0.25, 0.3) is 0 Å². The maximum atomic E-state index is 10.9. The largest absolute Gasteiger partial charge is 0.485 e. The van der Waals surface area contributed by atoms with Gasteiger partial charge in [0.1, 0.15) is 6.61 Å². The van der Waals surface area contributed by atoms with Gasteiger partial charge in [-0.1, -0.05) is 18.5 Å². The van der Waals surface area contributed by atoms with Crippen molar-refractivity contribution in [3.8, 4) is 5.75 Å². The highest BCUT2D eigenvalue weighted by molar-refractivity contribution is 6.30. The Hall–Kier alpha value is -2.08. The molecule has 1 aromatic heterocycles. The van der Waals surface area contributed by atoms with Gasteiger partial charge < -0.3 is 4.74 Å². The molecule has 0 aliphatic rings. The number of nitro benzene ring substituents is 1. The van der Waals surface area contributed by atoms with Crippen molar-refractivity contribution in [2.45, 2.75) is 26.5 Å². The fraction of sp³-hybridized carbons (Fsp3) is 0.308. The Balaban J connectivity index is 2.09. The predicted molar refractivity (Wildman–Crippen MR) is 75.0 cm³/mol. The molecular formula is C13H14ClN3O3. The van der Waals surface area contributed by atoms with E-state index in [1.54, 1.807) is 17.1 Å². The summed E-state index contributed by atoms with van der Waals surface area (Å²) in [6, 6.07) is 4.40. The maximum absolute atomic E-state index is 10.9. The molecule has 0 amide bonds. The lowest BCUT2D eigenvalue weighted by Crippen LogP contribution is -2.00. The van der Waals surface area contributed by atoms with Crippen LogP contribution in [-0.4, -0.2) is 14.7 Å². The van der Waals surface area contributed by atoms with Crippen LogP contribution < -0.4 is 4.74 Å². The zero-order valence-corrected chi connectivity index (χ0v) is 11.7. The van der Waals surface area contributed by atoms with Gasteiger partial charge in [-0.2, -0.15) is 5.10 Å². The van der Waals surface area contributed by atoms with Crippen molar-refractivity contribution in [2.24, 2.45) is 0 Å². The van der Waals surface area contributed by atoms with Crippen LogP contribution in [0.2, 0.25) is 5.02 Å². The number of rotatable bonds is 6. The molecule has 0 spiro atoms. The minimum Gasteiger partial charge on any atom is -0.485 e. The molecule has 0 saturated carbocycles. The van der Waals surface area contributed by atoms with Crippen molar-refractivity contribution in [3.05, 3.63) is 51.3 Å². The highest BCUT2D eigenvalue weighted by atomic mass is 35.5. The third kappa shape index (κ3) is 3.48. The second-order valence-corrected chi connectivity index (χ2v) is 4.69. The average molecular weight is 296 g/mol. The zero-order valence-electron chi connectivity index (χ0n) is 11.0. The zero-order chi connectivity index (χ0) is 14.5. The highest BCUT2D eigenvalue weighted by Crippen LogP contribution is 2.24. The SMILES string of the molecule is CCCn1cc(OCc2cc(Cl)ccc2[N+](=O)[O-])cn1. The van der Waals surface area contributed by atoms with Crippen molar-refractivity contribution in [2.75, 3.05) is 0 Å². The first-order valence-corrected chi connectivity index (χ1v) is 6.56. The summed E-state index contributed by atoms with van der Waals surface area (Å²) in [4.78, 5) is 10.5.